The van der Waals surface area contributed by atoms with Crippen LogP contribution in [-0.4, -0.2) is 25.8 Å². The van der Waals surface area contributed by atoms with Crippen molar-refractivity contribution in [2.24, 2.45) is 5.10 Å². The van der Waals surface area contributed by atoms with Crippen molar-refractivity contribution in [3.8, 4) is 23.0 Å². The van der Waals surface area contributed by atoms with Crippen LogP contribution in [0.1, 0.15) is 34.0 Å². The van der Waals surface area contributed by atoms with Crippen molar-refractivity contribution in [3.05, 3.63) is 115 Å². The molecule has 0 fully saturated rings. The van der Waals surface area contributed by atoms with E-state index in [0.29, 0.717) is 48.4 Å². The minimum atomic E-state index is -0.377. The normalized spacial score (nSPS) is 10.8. The maximum absolute atomic E-state index is 12.8. The summed E-state index contributed by atoms with van der Waals surface area (Å²) in [4.78, 5) is 12.8. The molecule has 0 aliphatic heterocycles. The lowest BCUT2D eigenvalue weighted by Crippen LogP contribution is -2.17. The first-order chi connectivity index (χ1) is 19.5. The molecule has 0 spiro atoms. The number of nitrogens with one attached hydrogen (secondary N) is 1. The lowest BCUT2D eigenvalue weighted by molar-refractivity contribution is 0.0954. The number of carbonyl (C=O) groups is 1. The Labute approximate surface area is 255 Å². The number of rotatable bonds is 12. The lowest BCUT2D eigenvalue weighted by Gasteiger charge is -2.15. The topological polar surface area (TPSA) is 78.4 Å². The summed E-state index contributed by atoms with van der Waals surface area (Å²) in [7, 11) is 1.54. The molecule has 4 rings (SSSR count). The van der Waals surface area contributed by atoms with Crippen LogP contribution in [-0.2, 0) is 13.2 Å². The Morgan fingerprint density at radius 1 is 0.875 bits per heavy atom. The average molecular weight is 715 g/mol. The molecular formula is C31H28BrIN2O5. The molecule has 0 saturated carbocycles. The number of hydrogen-bond donors (Lipinski definition) is 1. The zero-order valence-electron chi connectivity index (χ0n) is 22.0. The second kappa shape index (κ2) is 14.7. The fourth-order valence-electron chi connectivity index (χ4n) is 3.69. The van der Waals surface area contributed by atoms with Gasteiger partial charge in [-0.25, -0.2) is 5.43 Å². The number of nitrogens with zero attached hydrogens (tertiary/aromatic N) is 1. The van der Waals surface area contributed by atoms with Crippen molar-refractivity contribution in [2.75, 3.05) is 13.7 Å². The average Bonchev–Trinajstić information content (AvgIpc) is 2.97. The minimum Gasteiger partial charge on any atom is -0.493 e. The second-order valence-corrected chi connectivity index (χ2v) is 10.6. The largest absolute Gasteiger partial charge is 0.493 e. The molecule has 4 aromatic rings. The van der Waals surface area contributed by atoms with E-state index in [4.69, 9.17) is 18.9 Å². The van der Waals surface area contributed by atoms with Gasteiger partial charge in [-0.3, -0.25) is 4.79 Å². The molecule has 7 nitrogen and oxygen atoms in total. The SMILES string of the molecule is CCOc1cc(/C=N/NC(=O)c2ccc(OCc3ccccc3)c(OC)c2)cc(I)c1OCc1ccc(Br)cc1. The van der Waals surface area contributed by atoms with Crippen LogP contribution in [0.5, 0.6) is 23.0 Å². The van der Waals surface area contributed by atoms with Crippen LogP contribution < -0.4 is 24.4 Å². The molecule has 206 valence electrons. The van der Waals surface area contributed by atoms with Gasteiger partial charge in [0.1, 0.15) is 13.2 Å². The molecular weight excluding hydrogens is 687 g/mol. The van der Waals surface area contributed by atoms with Crippen LogP contribution in [0.25, 0.3) is 0 Å². The Morgan fingerprint density at radius 3 is 2.33 bits per heavy atom. The minimum absolute atomic E-state index is 0.377. The van der Waals surface area contributed by atoms with E-state index in [-0.39, 0.29) is 5.91 Å². The quantitative estimate of drug-likeness (QED) is 0.0942. The van der Waals surface area contributed by atoms with Crippen molar-refractivity contribution < 1.29 is 23.7 Å². The number of benzene rings is 4. The highest BCUT2D eigenvalue weighted by molar-refractivity contribution is 14.1. The summed E-state index contributed by atoms with van der Waals surface area (Å²) < 4.78 is 25.1. The number of hydrogen-bond acceptors (Lipinski definition) is 6. The smallest absolute Gasteiger partial charge is 0.271 e. The maximum atomic E-state index is 12.8. The maximum Gasteiger partial charge on any atom is 0.271 e. The standard InChI is InChI=1S/C31H28BrIN2O5/c1-3-38-29-16-23(15-26(33)30(29)40-20-22-9-12-25(32)13-10-22)18-34-35-31(36)24-11-14-27(28(17-24)37-2)39-19-21-7-5-4-6-8-21/h4-18H,3,19-20H2,1-2H3,(H,35,36)/b34-18+. The summed E-state index contributed by atoms with van der Waals surface area (Å²) >= 11 is 5.65. The van der Waals surface area contributed by atoms with E-state index in [2.05, 4.69) is 49.0 Å². The first-order valence-corrected chi connectivity index (χ1v) is 14.4. The summed E-state index contributed by atoms with van der Waals surface area (Å²) in [5.41, 5.74) is 5.79. The molecule has 1 N–H and O–H groups in total. The molecule has 1 amide bonds. The predicted molar refractivity (Wildman–Crippen MR) is 168 cm³/mol. The number of amides is 1. The van der Waals surface area contributed by atoms with Crippen LogP contribution in [0.3, 0.4) is 0 Å². The highest BCUT2D eigenvalue weighted by Gasteiger charge is 2.14. The van der Waals surface area contributed by atoms with Gasteiger partial charge in [-0.1, -0.05) is 58.4 Å². The molecule has 0 heterocycles. The molecule has 40 heavy (non-hydrogen) atoms. The Bertz CT molecular complexity index is 1460. The highest BCUT2D eigenvalue weighted by atomic mass is 127. The molecule has 0 atom stereocenters. The lowest BCUT2D eigenvalue weighted by atomic mass is 10.2. The van der Waals surface area contributed by atoms with Crippen LogP contribution in [0.15, 0.2) is 94.5 Å². The third kappa shape index (κ3) is 8.22. The number of carbonyl (C=O) groups excluding carboxylic acids is 1. The first kappa shape index (κ1) is 29.4. The van der Waals surface area contributed by atoms with Gasteiger partial charge in [0.25, 0.3) is 5.91 Å². The van der Waals surface area contributed by atoms with Gasteiger partial charge in [0.05, 0.1) is 23.5 Å². The van der Waals surface area contributed by atoms with E-state index in [1.165, 1.54) is 7.11 Å². The van der Waals surface area contributed by atoms with E-state index in [1.807, 2.05) is 73.7 Å². The van der Waals surface area contributed by atoms with Crippen molar-refractivity contribution in [1.29, 1.82) is 0 Å². The molecule has 9 heteroatoms. The Balaban J connectivity index is 1.40. The van der Waals surface area contributed by atoms with Gasteiger partial charge in [0.15, 0.2) is 23.0 Å². The Kier molecular flexibility index (Phi) is 10.8. The zero-order chi connectivity index (χ0) is 28.3. The van der Waals surface area contributed by atoms with Gasteiger partial charge in [-0.15, -0.1) is 0 Å². The van der Waals surface area contributed by atoms with Crippen molar-refractivity contribution in [2.45, 2.75) is 20.1 Å². The summed E-state index contributed by atoms with van der Waals surface area (Å²) in [5, 5.41) is 4.14. The molecule has 0 saturated heterocycles. The van der Waals surface area contributed by atoms with Crippen LogP contribution in [0.4, 0.5) is 0 Å². The number of methoxy groups -OCH3 is 1. The molecule has 4 aromatic carbocycles. The van der Waals surface area contributed by atoms with Gasteiger partial charge < -0.3 is 18.9 Å². The summed E-state index contributed by atoms with van der Waals surface area (Å²) in [6, 6.07) is 26.5. The second-order valence-electron chi connectivity index (χ2n) is 8.52. The van der Waals surface area contributed by atoms with Gasteiger partial charge >= 0.3 is 0 Å². The van der Waals surface area contributed by atoms with Crippen molar-refractivity contribution in [1.82, 2.24) is 5.43 Å². The monoisotopic (exact) mass is 714 g/mol. The Morgan fingerprint density at radius 2 is 1.60 bits per heavy atom. The van der Waals surface area contributed by atoms with E-state index in [0.717, 1.165) is 24.7 Å². The summed E-state index contributed by atoms with van der Waals surface area (Å²) in [6.45, 7) is 3.20. The molecule has 0 bridgehead atoms. The highest BCUT2D eigenvalue weighted by Crippen LogP contribution is 2.35. The fraction of sp³-hybridized carbons (Fsp3) is 0.161. The van der Waals surface area contributed by atoms with Gasteiger partial charge in [-0.05, 0) is 88.7 Å². The van der Waals surface area contributed by atoms with Gasteiger partial charge in [0, 0.05) is 10.0 Å². The van der Waals surface area contributed by atoms with Crippen molar-refractivity contribution in [3.63, 3.8) is 0 Å². The first-order valence-electron chi connectivity index (χ1n) is 12.5. The number of hydrazone groups is 1. The molecule has 0 aromatic heterocycles. The van der Waals surface area contributed by atoms with E-state index in [1.54, 1.807) is 24.4 Å². The molecule has 0 unspecified atom stereocenters. The zero-order valence-corrected chi connectivity index (χ0v) is 25.8. The van der Waals surface area contributed by atoms with Gasteiger partial charge in [0.2, 0.25) is 0 Å². The van der Waals surface area contributed by atoms with E-state index in [9.17, 15) is 4.79 Å². The third-order valence-electron chi connectivity index (χ3n) is 5.67. The fourth-order valence-corrected chi connectivity index (χ4v) is 4.74. The van der Waals surface area contributed by atoms with Gasteiger partial charge in [-0.2, -0.15) is 5.10 Å². The summed E-state index contributed by atoms with van der Waals surface area (Å²) in [6.07, 6.45) is 1.57. The molecule has 0 aliphatic carbocycles. The summed E-state index contributed by atoms with van der Waals surface area (Å²) in [5.74, 6) is 1.90. The van der Waals surface area contributed by atoms with Crippen LogP contribution in [0, 0.1) is 3.57 Å². The Hall–Kier alpha value is -3.57. The van der Waals surface area contributed by atoms with Crippen molar-refractivity contribution >= 4 is 50.6 Å². The number of halogens is 2. The van der Waals surface area contributed by atoms with Crippen LogP contribution >= 0.6 is 38.5 Å². The third-order valence-corrected chi connectivity index (χ3v) is 7.00. The number of ether oxygens (including phenoxy) is 4. The molecule has 0 radical (unpaired) electrons. The molecule has 0 aliphatic rings. The van der Waals surface area contributed by atoms with Crippen LogP contribution in [0.2, 0.25) is 0 Å². The van der Waals surface area contributed by atoms with E-state index >= 15 is 0 Å². The van der Waals surface area contributed by atoms with E-state index < -0.39 is 0 Å². The predicted octanol–water partition coefficient (Wildman–Crippen LogP) is 7.38.